The van der Waals surface area contributed by atoms with Crippen LogP contribution in [0.1, 0.15) is 18.4 Å². The molecule has 0 aliphatic carbocycles. The molecule has 0 aromatic heterocycles. The van der Waals surface area contributed by atoms with Gasteiger partial charge in [-0.2, -0.15) is 0 Å². The summed E-state index contributed by atoms with van der Waals surface area (Å²) in [5.41, 5.74) is 1.12. The van der Waals surface area contributed by atoms with E-state index in [9.17, 15) is 4.79 Å². The predicted octanol–water partition coefficient (Wildman–Crippen LogP) is 1.58. The number of aryl methyl sites for hydroxylation is 1. The van der Waals surface area contributed by atoms with Gasteiger partial charge in [-0.15, -0.1) is 0 Å². The van der Waals surface area contributed by atoms with Gasteiger partial charge in [0.2, 0.25) is 5.91 Å². The van der Waals surface area contributed by atoms with Gasteiger partial charge in [0.05, 0.1) is 12.6 Å². The van der Waals surface area contributed by atoms with E-state index in [2.05, 4.69) is 5.32 Å². The monoisotopic (exact) mass is 262 g/mol. The number of benzene rings is 1. The second kappa shape index (κ2) is 6.57. The van der Waals surface area contributed by atoms with Crippen LogP contribution < -0.4 is 10.1 Å². The quantitative estimate of drug-likeness (QED) is 0.876. The molecule has 1 amide bonds. The number of amides is 1. The number of para-hydroxylation sites is 1. The molecule has 1 heterocycles. The van der Waals surface area contributed by atoms with E-state index >= 15 is 0 Å². The minimum absolute atomic E-state index is 0.00320. The average Bonchev–Trinajstić information content (AvgIpc) is 2.94. The van der Waals surface area contributed by atoms with E-state index in [1.54, 1.807) is 4.90 Å². The fourth-order valence-electron chi connectivity index (χ4n) is 2.28. The van der Waals surface area contributed by atoms with Crippen molar-refractivity contribution in [1.82, 2.24) is 10.2 Å². The number of hydrogen-bond acceptors (Lipinski definition) is 3. The van der Waals surface area contributed by atoms with Crippen molar-refractivity contribution in [2.45, 2.75) is 25.8 Å². The fourth-order valence-corrected chi connectivity index (χ4v) is 2.28. The molecular weight excluding hydrogens is 240 g/mol. The van der Waals surface area contributed by atoms with E-state index in [4.69, 9.17) is 4.74 Å². The summed E-state index contributed by atoms with van der Waals surface area (Å²) in [5.74, 6) is 1.06. The van der Waals surface area contributed by atoms with E-state index in [-0.39, 0.29) is 11.9 Å². The highest BCUT2D eigenvalue weighted by Gasteiger charge is 2.24. The first kappa shape index (κ1) is 13.9. The summed E-state index contributed by atoms with van der Waals surface area (Å²) >= 11 is 0. The largest absolute Gasteiger partial charge is 0.491 e. The third kappa shape index (κ3) is 3.70. The van der Waals surface area contributed by atoms with Crippen LogP contribution in [-0.2, 0) is 4.79 Å². The molecule has 0 radical (unpaired) electrons. The Morgan fingerprint density at radius 3 is 2.95 bits per heavy atom. The van der Waals surface area contributed by atoms with Crippen LogP contribution in [0.5, 0.6) is 5.75 Å². The van der Waals surface area contributed by atoms with Crippen molar-refractivity contribution < 1.29 is 9.53 Å². The molecule has 1 aromatic carbocycles. The lowest BCUT2D eigenvalue weighted by atomic mass is 10.2. The summed E-state index contributed by atoms with van der Waals surface area (Å²) in [6.45, 7) is 4.11. The zero-order valence-electron chi connectivity index (χ0n) is 11.7. The SMILES string of the molecule is Cc1ccccc1OCCN(C)C(=O)C1CCCN1. The Morgan fingerprint density at radius 1 is 1.47 bits per heavy atom. The zero-order chi connectivity index (χ0) is 13.7. The van der Waals surface area contributed by atoms with Gasteiger partial charge in [-0.05, 0) is 37.9 Å². The topological polar surface area (TPSA) is 41.6 Å². The molecule has 0 bridgehead atoms. The minimum atomic E-state index is 0.00320. The molecule has 104 valence electrons. The molecule has 1 N–H and O–H groups in total. The van der Waals surface area contributed by atoms with E-state index in [1.807, 2.05) is 38.2 Å². The highest BCUT2D eigenvalue weighted by Crippen LogP contribution is 2.16. The summed E-state index contributed by atoms with van der Waals surface area (Å²) in [6, 6.07) is 7.93. The average molecular weight is 262 g/mol. The maximum atomic E-state index is 12.1. The van der Waals surface area contributed by atoms with Crippen molar-refractivity contribution in [2.24, 2.45) is 0 Å². The molecule has 1 aromatic rings. The normalized spacial score (nSPS) is 18.3. The summed E-state index contributed by atoms with van der Waals surface area (Å²) in [6.07, 6.45) is 2.03. The Balaban J connectivity index is 1.76. The summed E-state index contributed by atoms with van der Waals surface area (Å²) in [5, 5.41) is 3.22. The van der Waals surface area contributed by atoms with Crippen LogP contribution in [0.25, 0.3) is 0 Å². The number of likely N-dealkylation sites (N-methyl/N-ethyl adjacent to an activating group) is 1. The molecule has 1 aliphatic rings. The highest BCUT2D eigenvalue weighted by molar-refractivity contribution is 5.81. The molecule has 0 saturated carbocycles. The van der Waals surface area contributed by atoms with E-state index < -0.39 is 0 Å². The molecule has 4 heteroatoms. The van der Waals surface area contributed by atoms with Crippen LogP contribution in [0.15, 0.2) is 24.3 Å². The molecule has 1 atom stereocenters. The Labute approximate surface area is 114 Å². The van der Waals surface area contributed by atoms with Gasteiger partial charge in [0.15, 0.2) is 0 Å². The van der Waals surface area contributed by atoms with Gasteiger partial charge in [-0.25, -0.2) is 0 Å². The first-order valence-corrected chi connectivity index (χ1v) is 6.85. The Hall–Kier alpha value is -1.55. The number of carbonyl (C=O) groups is 1. The van der Waals surface area contributed by atoms with Gasteiger partial charge in [-0.3, -0.25) is 4.79 Å². The summed E-state index contributed by atoms with van der Waals surface area (Å²) in [7, 11) is 1.84. The maximum Gasteiger partial charge on any atom is 0.239 e. The zero-order valence-corrected chi connectivity index (χ0v) is 11.7. The van der Waals surface area contributed by atoms with Crippen LogP contribution >= 0.6 is 0 Å². The second-order valence-electron chi connectivity index (χ2n) is 5.02. The summed E-state index contributed by atoms with van der Waals surface area (Å²) in [4.78, 5) is 13.8. The van der Waals surface area contributed by atoms with Gasteiger partial charge in [0, 0.05) is 7.05 Å². The Morgan fingerprint density at radius 2 is 2.26 bits per heavy atom. The van der Waals surface area contributed by atoms with Crippen molar-refractivity contribution in [3.63, 3.8) is 0 Å². The second-order valence-corrected chi connectivity index (χ2v) is 5.02. The van der Waals surface area contributed by atoms with Crippen LogP contribution in [0.2, 0.25) is 0 Å². The van der Waals surface area contributed by atoms with Gasteiger partial charge >= 0.3 is 0 Å². The van der Waals surface area contributed by atoms with E-state index in [1.165, 1.54) is 0 Å². The van der Waals surface area contributed by atoms with E-state index in [0.29, 0.717) is 13.2 Å². The third-order valence-corrected chi connectivity index (χ3v) is 3.51. The van der Waals surface area contributed by atoms with E-state index in [0.717, 1.165) is 30.7 Å². The molecular formula is C15H22N2O2. The van der Waals surface area contributed by atoms with Crippen LogP contribution in [-0.4, -0.2) is 43.6 Å². The standard InChI is InChI=1S/C15H22N2O2/c1-12-6-3-4-8-14(12)19-11-10-17(2)15(18)13-7-5-9-16-13/h3-4,6,8,13,16H,5,7,9-11H2,1-2H3. The summed E-state index contributed by atoms with van der Waals surface area (Å²) < 4.78 is 5.71. The van der Waals surface area contributed by atoms with Crippen molar-refractivity contribution in [1.29, 1.82) is 0 Å². The van der Waals surface area contributed by atoms with Crippen molar-refractivity contribution >= 4 is 5.91 Å². The number of nitrogens with one attached hydrogen (secondary N) is 1. The molecule has 4 nitrogen and oxygen atoms in total. The van der Waals surface area contributed by atoms with Gasteiger partial charge in [-0.1, -0.05) is 18.2 Å². The first-order valence-electron chi connectivity index (χ1n) is 6.85. The van der Waals surface area contributed by atoms with Gasteiger partial charge in [0.1, 0.15) is 12.4 Å². The molecule has 1 unspecified atom stereocenters. The molecule has 2 rings (SSSR count). The molecule has 1 fully saturated rings. The maximum absolute atomic E-state index is 12.1. The Bertz CT molecular complexity index is 428. The van der Waals surface area contributed by atoms with Crippen molar-refractivity contribution in [3.8, 4) is 5.75 Å². The molecule has 1 saturated heterocycles. The lowest BCUT2D eigenvalue weighted by Crippen LogP contribution is -2.43. The predicted molar refractivity (Wildman–Crippen MR) is 75.3 cm³/mol. The number of ether oxygens (including phenoxy) is 1. The molecule has 0 spiro atoms. The van der Waals surface area contributed by atoms with Crippen LogP contribution in [0.4, 0.5) is 0 Å². The van der Waals surface area contributed by atoms with Crippen molar-refractivity contribution in [2.75, 3.05) is 26.7 Å². The van der Waals surface area contributed by atoms with Gasteiger partial charge < -0.3 is 15.0 Å². The van der Waals surface area contributed by atoms with Crippen LogP contribution in [0, 0.1) is 6.92 Å². The smallest absolute Gasteiger partial charge is 0.239 e. The number of carbonyl (C=O) groups excluding carboxylic acids is 1. The lowest BCUT2D eigenvalue weighted by Gasteiger charge is -2.21. The molecule has 19 heavy (non-hydrogen) atoms. The number of rotatable bonds is 5. The third-order valence-electron chi connectivity index (χ3n) is 3.51. The minimum Gasteiger partial charge on any atom is -0.491 e. The highest BCUT2D eigenvalue weighted by atomic mass is 16.5. The first-order chi connectivity index (χ1) is 9.18. The number of hydrogen-bond donors (Lipinski definition) is 1. The fraction of sp³-hybridized carbons (Fsp3) is 0.533. The van der Waals surface area contributed by atoms with Crippen LogP contribution in [0.3, 0.4) is 0 Å². The number of nitrogens with zero attached hydrogens (tertiary/aromatic N) is 1. The Kier molecular flexibility index (Phi) is 4.80. The molecule has 1 aliphatic heterocycles. The van der Waals surface area contributed by atoms with Crippen molar-refractivity contribution in [3.05, 3.63) is 29.8 Å². The van der Waals surface area contributed by atoms with Gasteiger partial charge in [0.25, 0.3) is 0 Å². The lowest BCUT2D eigenvalue weighted by molar-refractivity contribution is -0.132.